The monoisotopic (exact) mass is 209 g/mol. The summed E-state index contributed by atoms with van der Waals surface area (Å²) in [5, 5.41) is 3.22. The van der Waals surface area contributed by atoms with Crippen molar-refractivity contribution >= 4 is 16.5 Å². The van der Waals surface area contributed by atoms with Crippen molar-refractivity contribution in [3.05, 3.63) is 11.6 Å². The summed E-state index contributed by atoms with van der Waals surface area (Å²) in [5.74, 6) is 1.55. The lowest BCUT2D eigenvalue weighted by Gasteiger charge is -2.17. The van der Waals surface area contributed by atoms with Crippen molar-refractivity contribution in [2.75, 3.05) is 18.0 Å². The van der Waals surface area contributed by atoms with Gasteiger partial charge in [0.2, 0.25) is 0 Å². The van der Waals surface area contributed by atoms with Crippen LogP contribution in [-0.4, -0.2) is 24.1 Å². The Morgan fingerprint density at radius 1 is 1.43 bits per heavy atom. The van der Waals surface area contributed by atoms with Gasteiger partial charge in [-0.25, -0.2) is 4.98 Å². The molecule has 1 aliphatic carbocycles. The number of nitrogens with two attached hydrogens (primary N) is 1. The van der Waals surface area contributed by atoms with E-state index in [4.69, 9.17) is 5.73 Å². The SMILES string of the molecule is NC1CCC2CN(c3nccs3)CC12. The third-order valence-electron chi connectivity index (χ3n) is 3.60. The fourth-order valence-corrected chi connectivity index (χ4v) is 3.50. The van der Waals surface area contributed by atoms with E-state index in [9.17, 15) is 0 Å². The van der Waals surface area contributed by atoms with Gasteiger partial charge in [0.25, 0.3) is 0 Å². The zero-order valence-corrected chi connectivity index (χ0v) is 8.91. The van der Waals surface area contributed by atoms with Gasteiger partial charge in [-0.2, -0.15) is 0 Å². The predicted molar refractivity (Wildman–Crippen MR) is 58.5 cm³/mol. The maximum atomic E-state index is 6.09. The molecule has 1 aromatic rings. The molecule has 3 unspecified atom stereocenters. The van der Waals surface area contributed by atoms with E-state index in [1.165, 1.54) is 24.5 Å². The minimum Gasteiger partial charge on any atom is -0.347 e. The second kappa shape index (κ2) is 3.21. The number of anilines is 1. The van der Waals surface area contributed by atoms with Crippen LogP contribution in [0.15, 0.2) is 11.6 Å². The van der Waals surface area contributed by atoms with E-state index in [1.54, 1.807) is 11.3 Å². The fourth-order valence-electron chi connectivity index (χ4n) is 2.84. The predicted octanol–water partition coefficient (Wildman–Crippen LogP) is 1.32. The van der Waals surface area contributed by atoms with Crippen molar-refractivity contribution in [1.29, 1.82) is 0 Å². The molecule has 1 saturated heterocycles. The van der Waals surface area contributed by atoms with Crippen LogP contribution in [-0.2, 0) is 0 Å². The van der Waals surface area contributed by atoms with Gasteiger partial charge in [-0.3, -0.25) is 0 Å². The molecule has 0 bridgehead atoms. The average molecular weight is 209 g/mol. The second-order valence-electron chi connectivity index (χ2n) is 4.38. The van der Waals surface area contributed by atoms with Crippen LogP contribution in [0.5, 0.6) is 0 Å². The van der Waals surface area contributed by atoms with Gasteiger partial charge in [-0.1, -0.05) is 0 Å². The van der Waals surface area contributed by atoms with Gasteiger partial charge in [0.05, 0.1) is 0 Å². The minimum atomic E-state index is 0.435. The van der Waals surface area contributed by atoms with Crippen molar-refractivity contribution in [2.24, 2.45) is 17.6 Å². The molecular weight excluding hydrogens is 194 g/mol. The molecule has 2 N–H and O–H groups in total. The first-order valence-electron chi connectivity index (χ1n) is 5.24. The quantitative estimate of drug-likeness (QED) is 0.758. The van der Waals surface area contributed by atoms with Crippen LogP contribution < -0.4 is 10.6 Å². The minimum absolute atomic E-state index is 0.435. The summed E-state index contributed by atoms with van der Waals surface area (Å²) in [5.41, 5.74) is 6.09. The van der Waals surface area contributed by atoms with E-state index >= 15 is 0 Å². The maximum Gasteiger partial charge on any atom is 0.185 e. The fraction of sp³-hybridized carbons (Fsp3) is 0.700. The van der Waals surface area contributed by atoms with Gasteiger partial charge in [0, 0.05) is 30.7 Å². The Hall–Kier alpha value is -0.610. The van der Waals surface area contributed by atoms with E-state index in [0.29, 0.717) is 6.04 Å². The normalized spacial score (nSPS) is 36.4. The van der Waals surface area contributed by atoms with Crippen molar-refractivity contribution < 1.29 is 0 Å². The third kappa shape index (κ3) is 1.25. The van der Waals surface area contributed by atoms with E-state index < -0.39 is 0 Å². The molecule has 3 atom stereocenters. The van der Waals surface area contributed by atoms with Crippen LogP contribution in [0.4, 0.5) is 5.13 Å². The van der Waals surface area contributed by atoms with Crippen LogP contribution in [0, 0.1) is 11.8 Å². The maximum absolute atomic E-state index is 6.09. The summed E-state index contributed by atoms with van der Waals surface area (Å²) in [6.07, 6.45) is 4.42. The lowest BCUT2D eigenvalue weighted by Crippen LogP contribution is -2.30. The topological polar surface area (TPSA) is 42.1 Å². The van der Waals surface area contributed by atoms with Crippen LogP contribution in [0.2, 0.25) is 0 Å². The Labute approximate surface area is 87.9 Å². The molecule has 14 heavy (non-hydrogen) atoms. The molecule has 1 saturated carbocycles. The summed E-state index contributed by atoms with van der Waals surface area (Å²) in [4.78, 5) is 6.76. The van der Waals surface area contributed by atoms with Crippen LogP contribution in [0.3, 0.4) is 0 Å². The lowest BCUT2D eigenvalue weighted by atomic mass is 9.98. The molecule has 2 aliphatic rings. The molecule has 3 nitrogen and oxygen atoms in total. The summed E-state index contributed by atoms with van der Waals surface area (Å²) in [7, 11) is 0. The number of nitrogens with zero attached hydrogens (tertiary/aromatic N) is 2. The number of hydrogen-bond donors (Lipinski definition) is 1. The van der Waals surface area contributed by atoms with Crippen molar-refractivity contribution in [1.82, 2.24) is 4.98 Å². The second-order valence-corrected chi connectivity index (χ2v) is 5.26. The molecular formula is C10H15N3S. The van der Waals surface area contributed by atoms with Crippen molar-refractivity contribution in [3.8, 4) is 0 Å². The highest BCUT2D eigenvalue weighted by atomic mass is 32.1. The molecule has 0 spiro atoms. The third-order valence-corrected chi connectivity index (χ3v) is 4.43. The van der Waals surface area contributed by atoms with Crippen molar-refractivity contribution in [3.63, 3.8) is 0 Å². The first-order chi connectivity index (χ1) is 6.84. The number of rotatable bonds is 1. The van der Waals surface area contributed by atoms with E-state index in [0.717, 1.165) is 18.4 Å². The molecule has 2 heterocycles. The molecule has 0 amide bonds. The number of thiazole rings is 1. The Morgan fingerprint density at radius 2 is 2.36 bits per heavy atom. The average Bonchev–Trinajstić information content (AvgIpc) is 2.83. The number of fused-ring (bicyclic) bond motifs is 1. The van der Waals surface area contributed by atoms with Crippen LogP contribution in [0.1, 0.15) is 12.8 Å². The van der Waals surface area contributed by atoms with Crippen molar-refractivity contribution in [2.45, 2.75) is 18.9 Å². The highest BCUT2D eigenvalue weighted by molar-refractivity contribution is 7.13. The summed E-state index contributed by atoms with van der Waals surface area (Å²) in [6.45, 7) is 2.30. The van der Waals surface area contributed by atoms with Crippen LogP contribution >= 0.6 is 11.3 Å². The summed E-state index contributed by atoms with van der Waals surface area (Å²) in [6, 6.07) is 0.435. The molecule has 1 aliphatic heterocycles. The Kier molecular flexibility index (Phi) is 1.99. The Bertz CT molecular complexity index is 311. The molecule has 0 aromatic carbocycles. The standard InChI is InChI=1S/C10H15N3S/c11-9-2-1-7-5-13(6-8(7)9)10-12-3-4-14-10/h3-4,7-9H,1-2,5-6,11H2. The van der Waals surface area contributed by atoms with Gasteiger partial charge in [-0.15, -0.1) is 11.3 Å². The van der Waals surface area contributed by atoms with Gasteiger partial charge in [0.1, 0.15) is 0 Å². The first kappa shape index (κ1) is 8.68. The van der Waals surface area contributed by atoms with E-state index in [2.05, 4.69) is 9.88 Å². The van der Waals surface area contributed by atoms with Gasteiger partial charge < -0.3 is 10.6 Å². The largest absolute Gasteiger partial charge is 0.347 e. The number of aromatic nitrogens is 1. The molecule has 1 aromatic heterocycles. The van der Waals surface area contributed by atoms with E-state index in [1.807, 2.05) is 11.6 Å². The molecule has 2 fully saturated rings. The highest BCUT2D eigenvalue weighted by Crippen LogP contribution is 2.39. The number of hydrogen-bond acceptors (Lipinski definition) is 4. The summed E-state index contributed by atoms with van der Waals surface area (Å²) < 4.78 is 0. The zero-order valence-electron chi connectivity index (χ0n) is 8.10. The summed E-state index contributed by atoms with van der Waals surface area (Å²) >= 11 is 1.73. The molecule has 4 heteroatoms. The van der Waals surface area contributed by atoms with Gasteiger partial charge >= 0.3 is 0 Å². The smallest absolute Gasteiger partial charge is 0.185 e. The van der Waals surface area contributed by atoms with Gasteiger partial charge in [0.15, 0.2) is 5.13 Å². The molecule has 76 valence electrons. The van der Waals surface area contributed by atoms with Crippen LogP contribution in [0.25, 0.3) is 0 Å². The molecule has 3 rings (SSSR count). The highest BCUT2D eigenvalue weighted by Gasteiger charge is 2.41. The first-order valence-corrected chi connectivity index (χ1v) is 6.12. The Morgan fingerprint density at radius 3 is 3.07 bits per heavy atom. The zero-order chi connectivity index (χ0) is 9.54. The van der Waals surface area contributed by atoms with E-state index in [-0.39, 0.29) is 0 Å². The van der Waals surface area contributed by atoms with Gasteiger partial charge in [-0.05, 0) is 24.7 Å². The Balaban J connectivity index is 1.77. The molecule has 0 radical (unpaired) electrons. The lowest BCUT2D eigenvalue weighted by molar-refractivity contribution is 0.453.